The normalized spacial score (nSPS) is 17.9. The number of carbonyl (C=O) groups excluding carboxylic acids is 1. The quantitative estimate of drug-likeness (QED) is 0.887. The molecule has 2 aromatic carbocycles. The number of nitrogens with zero attached hydrogens (tertiary/aromatic N) is 1. The topological polar surface area (TPSA) is 66.5 Å². The van der Waals surface area contributed by atoms with Crippen molar-refractivity contribution < 1.29 is 17.6 Å². The molecule has 0 saturated carbocycles. The fraction of sp³-hybridized carbons (Fsp3) is 0.278. The van der Waals surface area contributed by atoms with Crippen molar-refractivity contribution in [3.63, 3.8) is 0 Å². The van der Waals surface area contributed by atoms with Crippen LogP contribution in [0.1, 0.15) is 17.5 Å². The van der Waals surface area contributed by atoms with Gasteiger partial charge in [-0.3, -0.25) is 4.79 Å². The maximum atomic E-state index is 13.3. The molecule has 1 aliphatic heterocycles. The lowest BCUT2D eigenvalue weighted by molar-refractivity contribution is -0.128. The molecular formula is C18H19FN2O3S. The summed E-state index contributed by atoms with van der Waals surface area (Å²) >= 11 is 0. The minimum absolute atomic E-state index is 0.0976. The van der Waals surface area contributed by atoms with E-state index in [1.807, 2.05) is 13.0 Å². The van der Waals surface area contributed by atoms with Gasteiger partial charge in [-0.15, -0.1) is 0 Å². The van der Waals surface area contributed by atoms with Gasteiger partial charge in [-0.25, -0.2) is 17.5 Å². The maximum Gasteiger partial charge on any atom is 0.240 e. The first kappa shape index (κ1) is 17.6. The molecule has 0 spiro atoms. The van der Waals surface area contributed by atoms with Crippen LogP contribution in [-0.4, -0.2) is 31.8 Å². The first-order valence-electron chi connectivity index (χ1n) is 7.95. The average Bonchev–Trinajstić information content (AvgIpc) is 2.86. The van der Waals surface area contributed by atoms with Gasteiger partial charge in [-0.05, 0) is 42.3 Å². The Hall–Kier alpha value is -2.25. The van der Waals surface area contributed by atoms with Gasteiger partial charge in [0.05, 0.1) is 4.90 Å². The molecule has 1 saturated heterocycles. The van der Waals surface area contributed by atoms with Gasteiger partial charge in [0, 0.05) is 25.6 Å². The van der Waals surface area contributed by atoms with Gasteiger partial charge in [0.25, 0.3) is 0 Å². The van der Waals surface area contributed by atoms with Crippen LogP contribution < -0.4 is 4.72 Å². The molecule has 1 N–H and O–H groups in total. The molecule has 5 nitrogen and oxygen atoms in total. The van der Waals surface area contributed by atoms with Gasteiger partial charge < -0.3 is 4.90 Å². The number of sulfonamides is 1. The molecule has 3 rings (SSSR count). The van der Waals surface area contributed by atoms with Gasteiger partial charge in [0.1, 0.15) is 5.82 Å². The van der Waals surface area contributed by atoms with Gasteiger partial charge in [-0.1, -0.05) is 24.3 Å². The molecular weight excluding hydrogens is 343 g/mol. The van der Waals surface area contributed by atoms with E-state index in [0.29, 0.717) is 5.56 Å². The lowest BCUT2D eigenvalue weighted by Gasteiger charge is -2.17. The predicted octanol–water partition coefficient (Wildman–Crippen LogP) is 2.21. The van der Waals surface area contributed by atoms with Gasteiger partial charge in [-0.2, -0.15) is 0 Å². The van der Waals surface area contributed by atoms with Crippen LogP contribution in [0.4, 0.5) is 4.39 Å². The van der Waals surface area contributed by atoms with Crippen LogP contribution in [0.15, 0.2) is 53.4 Å². The number of carbonyl (C=O) groups is 1. The lowest BCUT2D eigenvalue weighted by Crippen LogP contribution is -2.37. The Balaban J connectivity index is 1.68. The van der Waals surface area contributed by atoms with E-state index in [9.17, 15) is 17.6 Å². The Morgan fingerprint density at radius 2 is 1.96 bits per heavy atom. The Morgan fingerprint density at radius 1 is 1.20 bits per heavy atom. The third-order valence-corrected chi connectivity index (χ3v) is 5.62. The molecule has 1 atom stereocenters. The number of benzene rings is 2. The Bertz CT molecular complexity index is 899. The van der Waals surface area contributed by atoms with Crippen LogP contribution in [0.25, 0.3) is 0 Å². The maximum absolute atomic E-state index is 13.3. The van der Waals surface area contributed by atoms with Crippen molar-refractivity contribution >= 4 is 15.9 Å². The zero-order valence-electron chi connectivity index (χ0n) is 13.8. The lowest BCUT2D eigenvalue weighted by atomic mass is 10.2. The summed E-state index contributed by atoms with van der Waals surface area (Å²) in [6.07, 6.45) is 0.0976. The van der Waals surface area contributed by atoms with Crippen molar-refractivity contribution in [2.75, 3.05) is 6.54 Å². The van der Waals surface area contributed by atoms with Crippen molar-refractivity contribution in [1.29, 1.82) is 0 Å². The van der Waals surface area contributed by atoms with Crippen LogP contribution >= 0.6 is 0 Å². The summed E-state index contributed by atoms with van der Waals surface area (Å²) in [6.45, 7) is 2.35. The summed E-state index contributed by atoms with van der Waals surface area (Å²) in [5, 5.41) is 0. The van der Waals surface area contributed by atoms with E-state index >= 15 is 0 Å². The minimum atomic E-state index is -3.68. The van der Waals surface area contributed by atoms with E-state index in [2.05, 4.69) is 4.72 Å². The van der Waals surface area contributed by atoms with E-state index in [1.54, 1.807) is 24.3 Å². The summed E-state index contributed by atoms with van der Waals surface area (Å²) in [5.74, 6) is -0.512. The monoisotopic (exact) mass is 362 g/mol. The first-order chi connectivity index (χ1) is 11.8. The van der Waals surface area contributed by atoms with Crippen molar-refractivity contribution in [2.45, 2.75) is 30.8 Å². The minimum Gasteiger partial charge on any atom is -0.337 e. The summed E-state index contributed by atoms with van der Waals surface area (Å²) < 4.78 is 40.8. The van der Waals surface area contributed by atoms with Crippen LogP contribution in [0, 0.1) is 12.7 Å². The molecule has 7 heteroatoms. The third kappa shape index (κ3) is 4.24. The second kappa shape index (κ2) is 6.93. The Labute approximate surface area is 146 Å². The standard InChI is InChI=1S/C18H19FN2O3S/c1-13-4-2-7-17(8-13)25(23,24)20-16-10-18(22)21(12-16)11-14-5-3-6-15(19)9-14/h2-9,16,20H,10-12H2,1H3/t16-/m1/s1. The molecule has 1 fully saturated rings. The molecule has 0 unspecified atom stereocenters. The average molecular weight is 362 g/mol. The SMILES string of the molecule is Cc1cccc(S(=O)(=O)N[C@@H]2CC(=O)N(Cc3cccc(F)c3)C2)c1. The highest BCUT2D eigenvalue weighted by Crippen LogP contribution is 2.18. The molecule has 1 aliphatic rings. The summed E-state index contributed by atoms with van der Waals surface area (Å²) in [7, 11) is -3.68. The highest BCUT2D eigenvalue weighted by molar-refractivity contribution is 7.89. The van der Waals surface area contributed by atoms with Gasteiger partial charge >= 0.3 is 0 Å². The third-order valence-electron chi connectivity index (χ3n) is 4.10. The molecule has 1 heterocycles. The van der Waals surface area contributed by atoms with E-state index in [4.69, 9.17) is 0 Å². The van der Waals surface area contributed by atoms with Crippen molar-refractivity contribution in [3.8, 4) is 0 Å². The van der Waals surface area contributed by atoms with Crippen molar-refractivity contribution in [3.05, 3.63) is 65.5 Å². The number of hydrogen-bond acceptors (Lipinski definition) is 3. The van der Waals surface area contributed by atoms with Crippen molar-refractivity contribution in [2.24, 2.45) is 0 Å². The molecule has 1 amide bonds. The molecule has 25 heavy (non-hydrogen) atoms. The number of nitrogens with one attached hydrogen (secondary N) is 1. The van der Waals surface area contributed by atoms with E-state index < -0.39 is 16.1 Å². The number of amides is 1. The number of aryl methyl sites for hydroxylation is 1. The second-order valence-corrected chi connectivity index (χ2v) is 7.96. The van der Waals surface area contributed by atoms with Crippen molar-refractivity contribution in [1.82, 2.24) is 9.62 Å². The summed E-state index contributed by atoms with van der Waals surface area (Å²) in [4.78, 5) is 13.9. The number of halogens is 1. The van der Waals surface area contributed by atoms with E-state index in [0.717, 1.165) is 5.56 Å². The number of rotatable bonds is 5. The molecule has 0 bridgehead atoms. The molecule has 0 aliphatic carbocycles. The van der Waals surface area contributed by atoms with Gasteiger partial charge in [0.2, 0.25) is 15.9 Å². The molecule has 132 valence electrons. The van der Waals surface area contributed by atoms with Gasteiger partial charge in [0.15, 0.2) is 0 Å². The Kier molecular flexibility index (Phi) is 4.87. The summed E-state index contributed by atoms with van der Waals surface area (Å²) in [5.41, 5.74) is 1.52. The van der Waals surface area contributed by atoms with Crippen LogP contribution in [-0.2, 0) is 21.4 Å². The van der Waals surface area contributed by atoms with Crippen LogP contribution in [0.2, 0.25) is 0 Å². The fourth-order valence-electron chi connectivity index (χ4n) is 2.93. The fourth-order valence-corrected chi connectivity index (χ4v) is 4.26. The molecule has 0 radical (unpaired) electrons. The smallest absolute Gasteiger partial charge is 0.240 e. The Morgan fingerprint density at radius 3 is 2.68 bits per heavy atom. The van der Waals surface area contributed by atoms with Crippen LogP contribution in [0.5, 0.6) is 0 Å². The highest BCUT2D eigenvalue weighted by Gasteiger charge is 2.32. The number of hydrogen-bond donors (Lipinski definition) is 1. The predicted molar refractivity (Wildman–Crippen MR) is 91.7 cm³/mol. The second-order valence-electron chi connectivity index (χ2n) is 6.24. The molecule has 0 aromatic heterocycles. The molecule has 2 aromatic rings. The number of likely N-dealkylation sites (tertiary alicyclic amines) is 1. The van der Waals surface area contributed by atoms with E-state index in [-0.39, 0.29) is 36.1 Å². The first-order valence-corrected chi connectivity index (χ1v) is 9.43. The highest BCUT2D eigenvalue weighted by atomic mass is 32.2. The zero-order valence-corrected chi connectivity index (χ0v) is 14.6. The zero-order chi connectivity index (χ0) is 18.0. The largest absolute Gasteiger partial charge is 0.337 e. The van der Waals surface area contributed by atoms with E-state index in [1.165, 1.54) is 23.1 Å². The summed E-state index contributed by atoms with van der Waals surface area (Å²) in [6, 6.07) is 12.2. The van der Waals surface area contributed by atoms with Crippen LogP contribution in [0.3, 0.4) is 0 Å².